The van der Waals surface area contributed by atoms with Crippen LogP contribution in [0.1, 0.15) is 44.1 Å². The van der Waals surface area contributed by atoms with Gasteiger partial charge in [-0.1, -0.05) is 45.4 Å². The molecule has 2 aromatic rings. The van der Waals surface area contributed by atoms with Crippen molar-refractivity contribution in [1.82, 2.24) is 46.8 Å². The van der Waals surface area contributed by atoms with Gasteiger partial charge in [-0.05, 0) is 24.5 Å². The molecule has 9 N–H and O–H groups in total. The summed E-state index contributed by atoms with van der Waals surface area (Å²) in [6.07, 6.45) is 4.33. The number of nitrogens with zero attached hydrogens (tertiary/aromatic N) is 3. The summed E-state index contributed by atoms with van der Waals surface area (Å²) in [5.41, 5.74) is 5.45. The average Bonchev–Trinajstić information content (AvgIpc) is 3.58. The van der Waals surface area contributed by atoms with Crippen molar-refractivity contribution in [3.8, 4) is 0 Å². The van der Waals surface area contributed by atoms with Gasteiger partial charge in [0, 0.05) is 31.2 Å². The van der Waals surface area contributed by atoms with E-state index in [2.05, 4.69) is 47.2 Å². The third kappa shape index (κ3) is 12.9. The Kier molecular flexibility index (Phi) is 16.0. The molecule has 1 aliphatic heterocycles. The van der Waals surface area contributed by atoms with Gasteiger partial charge in [-0.25, -0.2) is 9.78 Å². The number of amides is 9. The highest BCUT2D eigenvalue weighted by Gasteiger charge is 2.43. The number of carbonyl (C=O) groups excluding carboxylic acids is 9. The van der Waals surface area contributed by atoms with Gasteiger partial charge in [0.15, 0.2) is 0 Å². The first kappa shape index (κ1) is 41.9. The third-order valence-corrected chi connectivity index (χ3v) is 8.07. The normalized spacial score (nSPS) is 15.9. The summed E-state index contributed by atoms with van der Waals surface area (Å²) in [5.74, 6) is -8.11. The van der Waals surface area contributed by atoms with Gasteiger partial charge in [-0.3, -0.25) is 43.3 Å². The van der Waals surface area contributed by atoms with Gasteiger partial charge in [-0.2, -0.15) is 0 Å². The third-order valence-electron chi connectivity index (χ3n) is 8.07. The van der Waals surface area contributed by atoms with Crippen molar-refractivity contribution in [1.29, 1.82) is 0 Å². The van der Waals surface area contributed by atoms with Crippen LogP contribution in [-0.2, 0) is 33.6 Å². The molecule has 54 heavy (non-hydrogen) atoms. The molecule has 2 heterocycles. The summed E-state index contributed by atoms with van der Waals surface area (Å²) in [5, 5.41) is 17.4. The zero-order valence-electron chi connectivity index (χ0n) is 30.0. The van der Waals surface area contributed by atoms with Gasteiger partial charge in [0.25, 0.3) is 11.8 Å². The summed E-state index contributed by atoms with van der Waals surface area (Å²) >= 11 is 0. The Morgan fingerprint density at radius 1 is 0.870 bits per heavy atom. The zero-order chi connectivity index (χ0) is 39.8. The number of aromatic nitrogens is 2. The molecule has 1 saturated heterocycles. The monoisotopic (exact) mass is 751 g/mol. The quantitative estimate of drug-likeness (QED) is 0.0741. The molecule has 0 aliphatic carbocycles. The molecule has 1 aliphatic rings. The average molecular weight is 752 g/mol. The van der Waals surface area contributed by atoms with Crippen molar-refractivity contribution in [2.75, 3.05) is 38.0 Å². The van der Waals surface area contributed by atoms with E-state index in [1.165, 1.54) is 23.5 Å². The highest BCUT2D eigenvalue weighted by molar-refractivity contribution is 6.38. The van der Waals surface area contributed by atoms with Crippen LogP contribution in [0.2, 0.25) is 0 Å². The number of hydrogen-bond acceptors (Lipinski definition) is 11. The summed E-state index contributed by atoms with van der Waals surface area (Å²) < 4.78 is 0. The van der Waals surface area contributed by atoms with Crippen LogP contribution in [0.4, 0.5) is 10.5 Å². The van der Waals surface area contributed by atoms with Gasteiger partial charge in [-0.15, -0.1) is 0 Å². The van der Waals surface area contributed by atoms with E-state index in [0.29, 0.717) is 12.1 Å². The zero-order valence-corrected chi connectivity index (χ0v) is 30.0. The minimum absolute atomic E-state index is 0.0113. The molecule has 1 fully saturated rings. The van der Waals surface area contributed by atoms with Crippen LogP contribution in [0.5, 0.6) is 0 Å². The molecule has 290 valence electrons. The molecule has 0 unspecified atom stereocenters. The van der Waals surface area contributed by atoms with Crippen molar-refractivity contribution in [2.24, 2.45) is 17.6 Å². The first-order chi connectivity index (χ1) is 25.7. The maximum atomic E-state index is 13.8. The lowest BCUT2D eigenvalue weighted by Crippen LogP contribution is -2.57. The van der Waals surface area contributed by atoms with Crippen molar-refractivity contribution >= 4 is 58.9 Å². The Labute approximate surface area is 310 Å². The molecule has 0 radical (unpaired) electrons. The van der Waals surface area contributed by atoms with Crippen LogP contribution in [0.15, 0.2) is 48.9 Å². The minimum atomic E-state index is -1.32. The van der Waals surface area contributed by atoms with Crippen molar-refractivity contribution in [2.45, 2.75) is 51.7 Å². The van der Waals surface area contributed by atoms with Crippen molar-refractivity contribution in [3.05, 3.63) is 54.6 Å². The minimum Gasteiger partial charge on any atom is -0.368 e. The highest BCUT2D eigenvalue weighted by Crippen LogP contribution is 2.21. The number of rotatable bonds is 18. The second-order valence-electron chi connectivity index (χ2n) is 12.6. The number of para-hydroxylation sites is 1. The number of hydrogen-bond donors (Lipinski definition) is 8. The Bertz CT molecular complexity index is 1690. The number of primary amides is 1. The maximum Gasteiger partial charge on any atom is 0.321 e. The highest BCUT2D eigenvalue weighted by atomic mass is 16.2. The van der Waals surface area contributed by atoms with E-state index in [9.17, 15) is 43.2 Å². The van der Waals surface area contributed by atoms with Gasteiger partial charge >= 0.3 is 6.03 Å². The lowest BCUT2D eigenvalue weighted by Gasteiger charge is -2.26. The smallest absolute Gasteiger partial charge is 0.321 e. The molecule has 0 spiro atoms. The molecular formula is C34H45N11O9. The predicted molar refractivity (Wildman–Crippen MR) is 191 cm³/mol. The second-order valence-corrected chi connectivity index (χ2v) is 12.6. The van der Waals surface area contributed by atoms with E-state index >= 15 is 0 Å². The number of nitrogens with two attached hydrogens (primary N) is 1. The fraction of sp³-hybridized carbons (Fsp3) is 0.441. The predicted octanol–water partition coefficient (Wildman–Crippen LogP) is -2.43. The number of carbonyl (C=O) groups is 9. The number of benzene rings is 1. The standard InChI is InChI=1S/C34H45N11O9/c1-4-8-22(29(49)33(53)40-15-26(47)38-14-25(35)46)42-30(50)21-17-45(34(54)41-20-9-6-5-7-10-20)18-24(21)43-32(52)28(19(2)3)44-27(48)16-39-31(51)23-13-36-11-12-37-23/h5-7,9-13,19,21-22,24,28H,4,8,14-18H2,1-3H3,(H2,35,46)(H,38,47)(H,39,51)(H,40,53)(H,41,54)(H,42,50)(H,43,52)(H,44,48)/t21-,22+,24+,28+/m1/s1. The van der Waals surface area contributed by atoms with Crippen LogP contribution in [0.25, 0.3) is 0 Å². The Balaban J connectivity index is 1.73. The van der Waals surface area contributed by atoms with Gasteiger partial charge in [0.2, 0.25) is 35.3 Å². The van der Waals surface area contributed by atoms with Crippen LogP contribution in [-0.4, -0.2) is 119 Å². The Morgan fingerprint density at radius 2 is 1.57 bits per heavy atom. The Hall–Kier alpha value is -6.47. The summed E-state index contributed by atoms with van der Waals surface area (Å²) in [4.78, 5) is 123. The van der Waals surface area contributed by atoms with Gasteiger partial charge < -0.3 is 47.9 Å². The molecule has 20 heteroatoms. The van der Waals surface area contributed by atoms with Crippen LogP contribution in [0.3, 0.4) is 0 Å². The second kappa shape index (κ2) is 20.5. The SMILES string of the molecule is CCC[C@H](NC(=O)[C@@H]1CN(C(=O)Nc2ccccc2)C[C@@H]1NC(=O)[C@@H](NC(=O)CNC(=O)c1cnccn1)C(C)C)C(=O)C(=O)NCC(=O)NCC(N)=O. The summed E-state index contributed by atoms with van der Waals surface area (Å²) in [7, 11) is 0. The van der Waals surface area contributed by atoms with Gasteiger partial charge in [0.05, 0.1) is 43.8 Å². The van der Waals surface area contributed by atoms with E-state index in [-0.39, 0.29) is 25.2 Å². The largest absolute Gasteiger partial charge is 0.368 e. The number of urea groups is 1. The van der Waals surface area contributed by atoms with Crippen molar-refractivity contribution in [3.63, 3.8) is 0 Å². The topological polar surface area (TPSA) is 293 Å². The number of Topliss-reactive ketones (excluding diaryl/α,β-unsaturated/α-hetero) is 1. The van der Waals surface area contributed by atoms with Gasteiger partial charge in [0.1, 0.15) is 11.7 Å². The molecule has 20 nitrogen and oxygen atoms in total. The van der Waals surface area contributed by atoms with E-state index < -0.39 is 103 Å². The van der Waals surface area contributed by atoms with Crippen molar-refractivity contribution < 1.29 is 43.2 Å². The molecule has 0 saturated carbocycles. The number of anilines is 1. The lowest BCUT2D eigenvalue weighted by atomic mass is 9.98. The number of nitrogens with one attached hydrogen (secondary N) is 7. The first-order valence-electron chi connectivity index (χ1n) is 17.1. The summed E-state index contributed by atoms with van der Waals surface area (Å²) in [6, 6.07) is 4.50. The number of likely N-dealkylation sites (tertiary alicyclic amines) is 1. The van der Waals surface area contributed by atoms with Crippen LogP contribution >= 0.6 is 0 Å². The molecule has 0 bridgehead atoms. The van der Waals surface area contributed by atoms with Crippen LogP contribution < -0.4 is 43.0 Å². The fourth-order valence-electron chi connectivity index (χ4n) is 5.30. The van der Waals surface area contributed by atoms with E-state index in [1.807, 2.05) is 0 Å². The van der Waals surface area contributed by atoms with E-state index in [1.54, 1.807) is 51.1 Å². The maximum absolute atomic E-state index is 13.8. The van der Waals surface area contributed by atoms with Crippen LogP contribution in [0, 0.1) is 11.8 Å². The molecule has 9 amide bonds. The molecule has 1 aromatic heterocycles. The molecule has 1 aromatic carbocycles. The van der Waals surface area contributed by atoms with E-state index in [4.69, 9.17) is 5.73 Å². The fourth-order valence-corrected chi connectivity index (χ4v) is 5.30. The molecule has 4 atom stereocenters. The lowest BCUT2D eigenvalue weighted by molar-refractivity contribution is -0.141. The molecular weight excluding hydrogens is 706 g/mol. The molecule has 3 rings (SSSR count). The van der Waals surface area contributed by atoms with E-state index in [0.717, 1.165) is 0 Å². The Morgan fingerprint density at radius 3 is 2.20 bits per heavy atom. The number of ketones is 1. The summed E-state index contributed by atoms with van der Waals surface area (Å²) in [6.45, 7) is 3.16. The first-order valence-corrected chi connectivity index (χ1v) is 17.1.